The van der Waals surface area contributed by atoms with E-state index in [2.05, 4.69) is 32.6 Å². The second-order valence-electron chi connectivity index (χ2n) is 10.9. The summed E-state index contributed by atoms with van der Waals surface area (Å²) in [6, 6.07) is 0. The van der Waals surface area contributed by atoms with Crippen LogP contribution in [0.2, 0.25) is 0 Å². The van der Waals surface area contributed by atoms with Gasteiger partial charge in [0.05, 0.1) is 30.7 Å². The lowest BCUT2D eigenvalue weighted by Gasteiger charge is -2.59. The van der Waals surface area contributed by atoms with Crippen LogP contribution < -0.4 is 0 Å². The Morgan fingerprint density at radius 2 is 1.83 bits per heavy atom. The number of carbonyl (C=O) groups excluding carboxylic acids is 1. The molecule has 0 aromatic carbocycles. The molecule has 5 heteroatoms. The van der Waals surface area contributed by atoms with Crippen LogP contribution >= 0.6 is 0 Å². The Labute approximate surface area is 181 Å². The second kappa shape index (κ2) is 8.40. The van der Waals surface area contributed by atoms with E-state index in [1.807, 2.05) is 6.92 Å². The van der Waals surface area contributed by atoms with E-state index in [4.69, 9.17) is 4.74 Å². The summed E-state index contributed by atoms with van der Waals surface area (Å²) in [5.41, 5.74) is -0.0799. The molecule has 0 amide bonds. The molecule has 0 aromatic rings. The molecule has 2 saturated carbocycles. The first kappa shape index (κ1) is 23.5. The maximum absolute atomic E-state index is 13.3. The summed E-state index contributed by atoms with van der Waals surface area (Å²) in [7, 11) is 0. The maximum atomic E-state index is 13.3. The maximum Gasteiger partial charge on any atom is 0.312 e. The van der Waals surface area contributed by atoms with Crippen molar-refractivity contribution in [2.75, 3.05) is 26.4 Å². The minimum Gasteiger partial charge on any atom is -0.464 e. The van der Waals surface area contributed by atoms with Crippen LogP contribution in [0.5, 0.6) is 0 Å². The summed E-state index contributed by atoms with van der Waals surface area (Å²) in [5.74, 6) is 0.494. The number of rotatable bonds is 7. The lowest BCUT2D eigenvalue weighted by Crippen LogP contribution is -2.55. The van der Waals surface area contributed by atoms with Gasteiger partial charge in [0.1, 0.15) is 6.61 Å². The third-order valence-corrected chi connectivity index (χ3v) is 8.88. The zero-order valence-electron chi connectivity index (χ0n) is 19.0. The summed E-state index contributed by atoms with van der Waals surface area (Å²) in [6.07, 6.45) is 11.7. The first-order valence-electron chi connectivity index (χ1n) is 11.5. The highest BCUT2D eigenvalue weighted by Gasteiger charge is 2.59. The second-order valence-corrected chi connectivity index (χ2v) is 10.9. The van der Waals surface area contributed by atoms with Crippen LogP contribution in [0.1, 0.15) is 65.7 Å². The topological polar surface area (TPSA) is 87.0 Å². The van der Waals surface area contributed by atoms with Crippen molar-refractivity contribution in [3.63, 3.8) is 0 Å². The molecule has 5 nitrogen and oxygen atoms in total. The van der Waals surface area contributed by atoms with Gasteiger partial charge < -0.3 is 20.1 Å². The van der Waals surface area contributed by atoms with E-state index in [9.17, 15) is 20.1 Å². The van der Waals surface area contributed by atoms with E-state index >= 15 is 0 Å². The van der Waals surface area contributed by atoms with Crippen molar-refractivity contribution in [1.82, 2.24) is 0 Å². The number of aliphatic hydroxyl groups excluding tert-OH is 3. The molecule has 3 aliphatic carbocycles. The van der Waals surface area contributed by atoms with Gasteiger partial charge in [-0.3, -0.25) is 4.79 Å². The van der Waals surface area contributed by atoms with Crippen molar-refractivity contribution >= 4 is 5.97 Å². The number of ether oxygens (including phenoxy) is 1. The van der Waals surface area contributed by atoms with Gasteiger partial charge in [-0.1, -0.05) is 38.0 Å². The first-order valence-corrected chi connectivity index (χ1v) is 11.5. The van der Waals surface area contributed by atoms with Gasteiger partial charge in [0.15, 0.2) is 0 Å². The minimum absolute atomic E-state index is 0.0701. The van der Waals surface area contributed by atoms with Crippen molar-refractivity contribution in [1.29, 1.82) is 0 Å². The van der Waals surface area contributed by atoms with Gasteiger partial charge in [-0.15, -0.1) is 6.58 Å². The van der Waals surface area contributed by atoms with E-state index in [0.717, 1.165) is 44.9 Å². The molecule has 5 atom stereocenters. The highest BCUT2D eigenvalue weighted by molar-refractivity contribution is 5.77. The van der Waals surface area contributed by atoms with Crippen LogP contribution in [-0.4, -0.2) is 47.7 Å². The quantitative estimate of drug-likeness (QED) is 0.432. The summed E-state index contributed by atoms with van der Waals surface area (Å²) in [6.45, 7) is 9.27. The van der Waals surface area contributed by atoms with Gasteiger partial charge in [0.25, 0.3) is 0 Å². The fourth-order valence-corrected chi connectivity index (χ4v) is 6.60. The first-order chi connectivity index (χ1) is 14.1. The van der Waals surface area contributed by atoms with Crippen LogP contribution in [0.15, 0.2) is 24.3 Å². The third-order valence-electron chi connectivity index (χ3n) is 8.88. The third kappa shape index (κ3) is 3.78. The molecular weight excluding hydrogens is 380 g/mol. The molecule has 0 saturated heterocycles. The number of hydrogen-bond acceptors (Lipinski definition) is 5. The molecule has 3 N–H and O–H groups in total. The van der Waals surface area contributed by atoms with Crippen molar-refractivity contribution in [3.8, 4) is 0 Å². The van der Waals surface area contributed by atoms with Gasteiger partial charge in [0, 0.05) is 5.41 Å². The molecule has 3 rings (SSSR count). The highest BCUT2D eigenvalue weighted by Crippen LogP contribution is 2.64. The summed E-state index contributed by atoms with van der Waals surface area (Å²) < 4.78 is 5.66. The molecule has 0 spiro atoms. The number of hydrogen-bond donors (Lipinski definition) is 3. The van der Waals surface area contributed by atoms with Gasteiger partial charge in [0.2, 0.25) is 0 Å². The van der Waals surface area contributed by atoms with Crippen LogP contribution in [0, 0.1) is 33.5 Å². The SMILES string of the molecule is C=C[C@]1(C)C=C2CC[C@@H]3[C@](C)(CCC[C@@]3(C)C(=O)OCC(CO)(CO)CO)[C@H]2CC1. The molecule has 3 aliphatic rings. The Balaban J connectivity index is 1.83. The molecule has 0 aliphatic heterocycles. The number of aliphatic hydroxyl groups is 3. The molecule has 0 radical (unpaired) electrons. The normalized spacial score (nSPS) is 38.8. The van der Waals surface area contributed by atoms with Crippen LogP contribution in [-0.2, 0) is 9.53 Å². The standard InChI is InChI=1S/C25H40O5/c1-5-22(2)12-9-19-18(13-22)7-8-20-23(19,3)10-6-11-24(20,4)21(29)30-17-25(14-26,15-27)16-28/h5,13,19-20,26-28H,1,6-12,14-17H2,2-4H3/t19-,20+,22-,23+,24+/m0/s1. The number of allylic oxidation sites excluding steroid dienone is 3. The smallest absolute Gasteiger partial charge is 0.312 e. The number of fused-ring (bicyclic) bond motifs is 3. The Bertz CT molecular complexity index is 687. The lowest BCUT2D eigenvalue weighted by atomic mass is 9.45. The summed E-state index contributed by atoms with van der Waals surface area (Å²) in [5, 5.41) is 28.7. The monoisotopic (exact) mass is 420 g/mol. The van der Waals surface area contributed by atoms with Gasteiger partial charge in [-0.05, 0) is 62.7 Å². The molecule has 0 aromatic heterocycles. The van der Waals surface area contributed by atoms with Gasteiger partial charge in [-0.25, -0.2) is 0 Å². The average Bonchev–Trinajstić information content (AvgIpc) is 2.74. The van der Waals surface area contributed by atoms with E-state index in [-0.39, 0.29) is 29.3 Å². The zero-order valence-corrected chi connectivity index (χ0v) is 19.0. The predicted molar refractivity (Wildman–Crippen MR) is 117 cm³/mol. The van der Waals surface area contributed by atoms with Gasteiger partial charge >= 0.3 is 5.97 Å². The zero-order chi connectivity index (χ0) is 22.2. The molecule has 0 heterocycles. The predicted octanol–water partition coefficient (Wildman–Crippen LogP) is 3.63. The molecule has 0 unspecified atom stereocenters. The number of carbonyl (C=O) groups is 1. The largest absolute Gasteiger partial charge is 0.464 e. The fourth-order valence-electron chi connectivity index (χ4n) is 6.60. The summed E-state index contributed by atoms with van der Waals surface area (Å²) >= 11 is 0. The molecule has 2 fully saturated rings. The Kier molecular flexibility index (Phi) is 6.58. The highest BCUT2D eigenvalue weighted by atomic mass is 16.5. The van der Waals surface area contributed by atoms with Crippen LogP contribution in [0.4, 0.5) is 0 Å². The van der Waals surface area contributed by atoms with Crippen LogP contribution in [0.3, 0.4) is 0 Å². The van der Waals surface area contributed by atoms with E-state index in [1.54, 1.807) is 5.57 Å². The van der Waals surface area contributed by atoms with E-state index < -0.39 is 30.7 Å². The Hall–Kier alpha value is -1.17. The molecular formula is C25H40O5. The Morgan fingerprint density at radius 1 is 1.17 bits per heavy atom. The van der Waals surface area contributed by atoms with Crippen molar-refractivity contribution < 1.29 is 24.9 Å². The Morgan fingerprint density at radius 3 is 2.43 bits per heavy atom. The summed E-state index contributed by atoms with van der Waals surface area (Å²) in [4.78, 5) is 13.3. The van der Waals surface area contributed by atoms with E-state index in [1.165, 1.54) is 0 Å². The molecule has 170 valence electrons. The number of esters is 1. The van der Waals surface area contributed by atoms with Gasteiger partial charge in [-0.2, -0.15) is 0 Å². The fraction of sp³-hybridized carbons (Fsp3) is 0.800. The van der Waals surface area contributed by atoms with E-state index in [0.29, 0.717) is 5.92 Å². The average molecular weight is 421 g/mol. The van der Waals surface area contributed by atoms with Crippen molar-refractivity contribution in [3.05, 3.63) is 24.3 Å². The minimum atomic E-state index is -1.19. The lowest BCUT2D eigenvalue weighted by molar-refractivity contribution is -0.178. The molecule has 30 heavy (non-hydrogen) atoms. The van der Waals surface area contributed by atoms with Crippen LogP contribution in [0.25, 0.3) is 0 Å². The van der Waals surface area contributed by atoms with Crippen molar-refractivity contribution in [2.24, 2.45) is 33.5 Å². The molecule has 0 bridgehead atoms. The van der Waals surface area contributed by atoms with Crippen molar-refractivity contribution in [2.45, 2.75) is 65.7 Å².